The quantitative estimate of drug-likeness (QED) is 0.907. The minimum absolute atomic E-state index is 0.0495. The third kappa shape index (κ3) is 2.80. The van der Waals surface area contributed by atoms with Gasteiger partial charge in [0.1, 0.15) is 11.6 Å². The first-order chi connectivity index (χ1) is 12.0. The number of amides is 1. The van der Waals surface area contributed by atoms with Crippen molar-refractivity contribution < 1.29 is 28.2 Å². The second-order valence-corrected chi connectivity index (χ2v) is 6.10. The number of carbonyl (C=O) groups is 1. The molecule has 4 rings (SSSR count). The van der Waals surface area contributed by atoms with Gasteiger partial charge in [-0.1, -0.05) is 0 Å². The molecule has 2 aromatic rings. The van der Waals surface area contributed by atoms with E-state index in [0.29, 0.717) is 17.1 Å². The highest BCUT2D eigenvalue weighted by Gasteiger charge is 2.37. The highest BCUT2D eigenvalue weighted by atomic mass is 19.1. The van der Waals surface area contributed by atoms with E-state index in [-0.39, 0.29) is 31.2 Å². The van der Waals surface area contributed by atoms with Crippen LogP contribution in [0.3, 0.4) is 0 Å². The molecule has 0 aromatic heterocycles. The molecule has 1 N–H and O–H groups in total. The third-order valence-electron chi connectivity index (χ3n) is 4.48. The Bertz CT molecular complexity index is 842. The zero-order valence-corrected chi connectivity index (χ0v) is 13.1. The maximum Gasteiger partial charge on any atom is 0.254 e. The number of hydrogen-bond acceptors (Lipinski definition) is 4. The summed E-state index contributed by atoms with van der Waals surface area (Å²) in [5.74, 6) is -0.578. The lowest BCUT2D eigenvalue weighted by molar-refractivity contribution is 0.0713. The number of fused-ring (bicyclic) bond motifs is 1. The van der Waals surface area contributed by atoms with Crippen LogP contribution >= 0.6 is 0 Å². The van der Waals surface area contributed by atoms with Gasteiger partial charge in [0.25, 0.3) is 5.91 Å². The van der Waals surface area contributed by atoms with Crippen LogP contribution in [0.2, 0.25) is 0 Å². The molecule has 0 bridgehead atoms. The summed E-state index contributed by atoms with van der Waals surface area (Å²) < 4.78 is 38.2. The van der Waals surface area contributed by atoms with Crippen molar-refractivity contribution in [3.05, 3.63) is 59.2 Å². The van der Waals surface area contributed by atoms with Gasteiger partial charge in [0.05, 0.1) is 12.1 Å². The Kier molecular flexibility index (Phi) is 3.80. The van der Waals surface area contributed by atoms with Crippen LogP contribution in [0, 0.1) is 11.6 Å². The van der Waals surface area contributed by atoms with Gasteiger partial charge >= 0.3 is 0 Å². The Balaban J connectivity index is 1.67. The molecule has 2 atom stereocenters. The molecule has 0 unspecified atom stereocenters. The number of ether oxygens (including phenoxy) is 2. The van der Waals surface area contributed by atoms with Gasteiger partial charge in [0.2, 0.25) is 6.79 Å². The van der Waals surface area contributed by atoms with Gasteiger partial charge in [0, 0.05) is 17.7 Å². The largest absolute Gasteiger partial charge is 0.454 e. The minimum atomic E-state index is -0.800. The first-order valence-electron chi connectivity index (χ1n) is 7.86. The molecule has 2 aliphatic heterocycles. The van der Waals surface area contributed by atoms with Gasteiger partial charge in [-0.3, -0.25) is 4.79 Å². The molecule has 25 heavy (non-hydrogen) atoms. The molecule has 1 amide bonds. The number of aliphatic hydroxyl groups is 1. The molecule has 130 valence electrons. The third-order valence-corrected chi connectivity index (χ3v) is 4.48. The van der Waals surface area contributed by atoms with Crippen LogP contribution in [-0.2, 0) is 0 Å². The summed E-state index contributed by atoms with van der Waals surface area (Å²) in [6.07, 6.45) is -0.651. The van der Waals surface area contributed by atoms with Crippen molar-refractivity contribution >= 4 is 5.91 Å². The summed E-state index contributed by atoms with van der Waals surface area (Å²) in [5, 5.41) is 9.99. The highest BCUT2D eigenvalue weighted by Crippen LogP contribution is 2.37. The van der Waals surface area contributed by atoms with E-state index in [4.69, 9.17) is 9.47 Å². The Morgan fingerprint density at radius 3 is 2.76 bits per heavy atom. The van der Waals surface area contributed by atoms with E-state index in [0.717, 1.165) is 18.2 Å². The summed E-state index contributed by atoms with van der Waals surface area (Å²) in [7, 11) is 0. The van der Waals surface area contributed by atoms with Crippen LogP contribution in [0.25, 0.3) is 0 Å². The van der Waals surface area contributed by atoms with Crippen molar-refractivity contribution in [2.24, 2.45) is 0 Å². The Morgan fingerprint density at radius 2 is 1.92 bits per heavy atom. The van der Waals surface area contributed by atoms with Crippen LogP contribution in [0.15, 0.2) is 36.4 Å². The lowest BCUT2D eigenvalue weighted by atomic mass is 10.0. The van der Waals surface area contributed by atoms with Crippen molar-refractivity contribution in [3.63, 3.8) is 0 Å². The topological polar surface area (TPSA) is 59.0 Å². The van der Waals surface area contributed by atoms with E-state index in [1.54, 1.807) is 18.2 Å². The van der Waals surface area contributed by atoms with E-state index in [1.165, 1.54) is 4.90 Å². The second-order valence-electron chi connectivity index (χ2n) is 6.10. The Labute approximate surface area is 142 Å². The minimum Gasteiger partial charge on any atom is -0.454 e. The molecule has 0 radical (unpaired) electrons. The van der Waals surface area contributed by atoms with E-state index in [2.05, 4.69) is 0 Å². The molecule has 5 nitrogen and oxygen atoms in total. The Hall–Kier alpha value is -2.67. The number of rotatable bonds is 2. The summed E-state index contributed by atoms with van der Waals surface area (Å²) in [5.41, 5.74) is 0.394. The SMILES string of the molecule is O=C(c1ccc2c(c1)OCO2)N1C[C@@H](O)C[C@H]1c1cc(F)ccc1F. The normalized spacial score (nSPS) is 21.6. The predicted octanol–water partition coefficient (Wildman–Crippen LogP) is 2.64. The summed E-state index contributed by atoms with van der Waals surface area (Å²) in [4.78, 5) is 14.2. The zero-order chi connectivity index (χ0) is 17.6. The number of likely N-dealkylation sites (tertiary alicyclic amines) is 1. The van der Waals surface area contributed by atoms with Gasteiger partial charge < -0.3 is 19.5 Å². The molecular formula is C18H15F2NO4. The fraction of sp³-hybridized carbons (Fsp3) is 0.278. The van der Waals surface area contributed by atoms with Gasteiger partial charge in [-0.15, -0.1) is 0 Å². The van der Waals surface area contributed by atoms with Gasteiger partial charge in [-0.05, 0) is 42.8 Å². The van der Waals surface area contributed by atoms with Crippen molar-refractivity contribution in [2.45, 2.75) is 18.6 Å². The van der Waals surface area contributed by atoms with Crippen LogP contribution in [0.1, 0.15) is 28.4 Å². The summed E-state index contributed by atoms with van der Waals surface area (Å²) in [6.45, 7) is 0.139. The number of halogens is 2. The summed E-state index contributed by atoms with van der Waals surface area (Å²) in [6, 6.07) is 7.14. The number of hydrogen-bond donors (Lipinski definition) is 1. The first-order valence-corrected chi connectivity index (χ1v) is 7.86. The average Bonchev–Trinajstić information content (AvgIpc) is 3.22. The molecule has 0 saturated carbocycles. The van der Waals surface area contributed by atoms with Crippen molar-refractivity contribution in [3.8, 4) is 11.5 Å². The van der Waals surface area contributed by atoms with Crippen molar-refractivity contribution in [2.75, 3.05) is 13.3 Å². The maximum atomic E-state index is 14.1. The fourth-order valence-corrected chi connectivity index (χ4v) is 3.30. The molecule has 2 aromatic carbocycles. The van der Waals surface area contributed by atoms with Gasteiger partial charge in [0.15, 0.2) is 11.5 Å². The fourth-order valence-electron chi connectivity index (χ4n) is 3.30. The van der Waals surface area contributed by atoms with Gasteiger partial charge in [-0.2, -0.15) is 0 Å². The molecule has 2 heterocycles. The molecule has 0 spiro atoms. The van der Waals surface area contributed by atoms with E-state index >= 15 is 0 Å². The van der Waals surface area contributed by atoms with Crippen LogP contribution in [-0.4, -0.2) is 35.4 Å². The summed E-state index contributed by atoms with van der Waals surface area (Å²) >= 11 is 0. The molecule has 1 fully saturated rings. The predicted molar refractivity (Wildman–Crippen MR) is 83.3 cm³/mol. The van der Waals surface area contributed by atoms with E-state index in [9.17, 15) is 18.7 Å². The molecular weight excluding hydrogens is 332 g/mol. The number of carbonyl (C=O) groups excluding carboxylic acids is 1. The van der Waals surface area contributed by atoms with E-state index in [1.807, 2.05) is 0 Å². The van der Waals surface area contributed by atoms with E-state index < -0.39 is 23.8 Å². The van der Waals surface area contributed by atoms with Crippen molar-refractivity contribution in [1.82, 2.24) is 4.90 Å². The number of β-amino-alcohol motifs (C(OH)–C–C–N with tert-alkyl or cyclic N) is 1. The zero-order valence-electron chi connectivity index (χ0n) is 13.1. The van der Waals surface area contributed by atoms with Crippen molar-refractivity contribution in [1.29, 1.82) is 0 Å². The van der Waals surface area contributed by atoms with Gasteiger partial charge in [-0.25, -0.2) is 8.78 Å². The second kappa shape index (κ2) is 6.00. The van der Waals surface area contributed by atoms with Crippen LogP contribution in [0.5, 0.6) is 11.5 Å². The first kappa shape index (κ1) is 15.8. The average molecular weight is 347 g/mol. The standard InChI is InChI=1S/C18H15F2NO4/c19-11-2-3-14(20)13(6-11)15-7-12(22)8-21(15)18(23)10-1-4-16-17(5-10)25-9-24-16/h1-6,12,15,22H,7-9H2/t12-,15-/m0/s1. The molecule has 1 saturated heterocycles. The number of nitrogens with zero attached hydrogens (tertiary/aromatic N) is 1. The smallest absolute Gasteiger partial charge is 0.254 e. The lowest BCUT2D eigenvalue weighted by Gasteiger charge is -2.25. The highest BCUT2D eigenvalue weighted by molar-refractivity contribution is 5.95. The number of aliphatic hydroxyl groups excluding tert-OH is 1. The molecule has 2 aliphatic rings. The van der Waals surface area contributed by atoms with Crippen LogP contribution in [0.4, 0.5) is 8.78 Å². The Morgan fingerprint density at radius 1 is 1.12 bits per heavy atom. The molecule has 0 aliphatic carbocycles. The molecule has 7 heteroatoms. The maximum absolute atomic E-state index is 14.1. The van der Waals surface area contributed by atoms with Crippen LogP contribution < -0.4 is 9.47 Å². The number of benzene rings is 2. The monoisotopic (exact) mass is 347 g/mol. The lowest BCUT2D eigenvalue weighted by Crippen LogP contribution is -2.32.